The summed E-state index contributed by atoms with van der Waals surface area (Å²) >= 11 is 0. The van der Waals surface area contributed by atoms with E-state index in [9.17, 15) is 5.11 Å². The van der Waals surface area contributed by atoms with Crippen LogP contribution in [0.5, 0.6) is 40.2 Å². The number of phenolic OH excluding ortho intramolecular Hbond substituents is 3. The normalized spacial score (nSPS) is 10.7. The lowest BCUT2D eigenvalue weighted by atomic mass is 10.1. The Morgan fingerprint density at radius 3 is 1.63 bits per heavy atom. The summed E-state index contributed by atoms with van der Waals surface area (Å²) in [5.41, 5.74) is 0.749. The minimum absolute atomic E-state index is 0.216. The first-order valence-electron chi connectivity index (χ1n) is 11.8. The third-order valence-electron chi connectivity index (χ3n) is 6.04. The molecular formula is C31H25NO6. The Hall–Kier alpha value is -5.17. The highest BCUT2D eigenvalue weighted by molar-refractivity contribution is 5.89. The molecule has 1 aromatic heterocycles. The molecule has 190 valence electrons. The van der Waals surface area contributed by atoms with Gasteiger partial charge in [0, 0.05) is 17.6 Å². The van der Waals surface area contributed by atoms with Gasteiger partial charge >= 0.3 is 0 Å². The van der Waals surface area contributed by atoms with Crippen molar-refractivity contribution < 1.29 is 29.5 Å². The van der Waals surface area contributed by atoms with Crippen LogP contribution in [0.3, 0.4) is 0 Å². The fourth-order valence-electron chi connectivity index (χ4n) is 4.16. The van der Waals surface area contributed by atoms with Crippen molar-refractivity contribution in [3.63, 3.8) is 0 Å². The zero-order chi connectivity index (χ0) is 26.6. The minimum Gasteiger partial charge on any atom is -0.508 e. The molecule has 0 spiro atoms. The molecule has 7 nitrogen and oxygen atoms in total. The Kier molecular flexibility index (Phi) is 6.74. The number of methoxy groups -OCH3 is 2. The fourth-order valence-corrected chi connectivity index (χ4v) is 4.16. The first kappa shape index (κ1) is 24.5. The molecule has 0 saturated heterocycles. The van der Waals surface area contributed by atoms with Crippen LogP contribution in [0.15, 0.2) is 97.2 Å². The summed E-state index contributed by atoms with van der Waals surface area (Å²) in [6.45, 7) is 0. The largest absolute Gasteiger partial charge is 0.508 e. The molecule has 0 aliphatic heterocycles. The van der Waals surface area contributed by atoms with E-state index in [-0.39, 0.29) is 17.2 Å². The number of phenols is 3. The smallest absolute Gasteiger partial charge is 0.162 e. The number of benzene rings is 5. The topological polar surface area (TPSA) is 101 Å². The molecule has 0 atom stereocenters. The number of hydrogen-bond donors (Lipinski definition) is 3. The number of fused-ring (bicyclic) bond motifs is 3. The molecule has 0 amide bonds. The molecular weight excluding hydrogens is 482 g/mol. The van der Waals surface area contributed by atoms with E-state index in [1.807, 2.05) is 48.5 Å². The van der Waals surface area contributed by atoms with Gasteiger partial charge in [0.15, 0.2) is 11.5 Å². The van der Waals surface area contributed by atoms with E-state index in [0.29, 0.717) is 23.0 Å². The molecule has 0 radical (unpaired) electrons. The van der Waals surface area contributed by atoms with E-state index in [1.54, 1.807) is 62.9 Å². The number of pyridine rings is 1. The van der Waals surface area contributed by atoms with Crippen molar-refractivity contribution in [1.29, 1.82) is 0 Å². The van der Waals surface area contributed by atoms with Gasteiger partial charge in [0.05, 0.1) is 19.7 Å². The van der Waals surface area contributed by atoms with Gasteiger partial charge in [-0.1, -0.05) is 24.3 Å². The van der Waals surface area contributed by atoms with Crippen LogP contribution in [0.2, 0.25) is 0 Å². The second kappa shape index (κ2) is 10.4. The molecule has 0 aliphatic rings. The van der Waals surface area contributed by atoms with Gasteiger partial charge in [-0.15, -0.1) is 0 Å². The summed E-state index contributed by atoms with van der Waals surface area (Å²) in [6, 6.07) is 26.6. The number of rotatable bonds is 4. The van der Waals surface area contributed by atoms with Crippen LogP contribution < -0.4 is 14.2 Å². The molecule has 0 fully saturated rings. The van der Waals surface area contributed by atoms with Crippen LogP contribution >= 0.6 is 0 Å². The van der Waals surface area contributed by atoms with Gasteiger partial charge in [-0.3, -0.25) is 4.98 Å². The molecule has 5 aromatic carbocycles. The Balaban J connectivity index is 0.000000204. The van der Waals surface area contributed by atoms with Crippen LogP contribution in [-0.2, 0) is 0 Å². The molecule has 38 heavy (non-hydrogen) atoms. The molecule has 3 N–H and O–H groups in total. The lowest BCUT2D eigenvalue weighted by Crippen LogP contribution is -1.93. The summed E-state index contributed by atoms with van der Waals surface area (Å²) in [5.74, 6) is 3.22. The highest BCUT2D eigenvalue weighted by Crippen LogP contribution is 2.37. The summed E-state index contributed by atoms with van der Waals surface area (Å²) in [7, 11) is 3.19. The zero-order valence-corrected chi connectivity index (χ0v) is 20.8. The maximum absolute atomic E-state index is 9.68. The van der Waals surface area contributed by atoms with Gasteiger partial charge in [-0.2, -0.15) is 0 Å². The Labute approximate surface area is 218 Å². The van der Waals surface area contributed by atoms with Crippen LogP contribution in [0.4, 0.5) is 0 Å². The lowest BCUT2D eigenvalue weighted by molar-refractivity contribution is 0.355. The van der Waals surface area contributed by atoms with Gasteiger partial charge in [0.1, 0.15) is 28.7 Å². The lowest BCUT2D eigenvalue weighted by Gasteiger charge is -2.12. The average molecular weight is 508 g/mol. The van der Waals surface area contributed by atoms with Crippen LogP contribution in [0.1, 0.15) is 0 Å². The predicted molar refractivity (Wildman–Crippen MR) is 148 cm³/mol. The minimum atomic E-state index is 0.216. The monoisotopic (exact) mass is 507 g/mol. The maximum Gasteiger partial charge on any atom is 0.162 e. The summed E-state index contributed by atoms with van der Waals surface area (Å²) < 4.78 is 16.8. The van der Waals surface area contributed by atoms with Crippen molar-refractivity contribution in [1.82, 2.24) is 4.98 Å². The average Bonchev–Trinajstić information content (AvgIpc) is 2.92. The quantitative estimate of drug-likeness (QED) is 0.233. The molecule has 6 rings (SSSR count). The molecule has 0 aliphatic carbocycles. The van der Waals surface area contributed by atoms with Gasteiger partial charge in [-0.05, 0) is 82.2 Å². The van der Waals surface area contributed by atoms with Gasteiger partial charge < -0.3 is 29.5 Å². The Morgan fingerprint density at radius 1 is 0.526 bits per heavy atom. The second-order valence-electron chi connectivity index (χ2n) is 8.54. The number of hydrogen-bond acceptors (Lipinski definition) is 7. The number of aromatic hydroxyl groups is 3. The van der Waals surface area contributed by atoms with E-state index < -0.39 is 0 Å². The second-order valence-corrected chi connectivity index (χ2v) is 8.54. The Bertz CT molecular complexity index is 1730. The molecule has 6 aromatic rings. The number of aromatic nitrogens is 1. The predicted octanol–water partition coefficient (Wildman–Crippen LogP) is 7.15. The van der Waals surface area contributed by atoms with Gasteiger partial charge in [-0.25, -0.2) is 0 Å². The summed E-state index contributed by atoms with van der Waals surface area (Å²) in [5, 5.41) is 32.6. The molecule has 0 unspecified atom stereocenters. The van der Waals surface area contributed by atoms with E-state index in [1.165, 1.54) is 0 Å². The summed E-state index contributed by atoms with van der Waals surface area (Å²) in [4.78, 5) is 4.38. The molecule has 1 heterocycles. The van der Waals surface area contributed by atoms with E-state index in [0.717, 1.165) is 32.4 Å². The highest BCUT2D eigenvalue weighted by atomic mass is 16.5. The van der Waals surface area contributed by atoms with E-state index in [2.05, 4.69) is 4.98 Å². The summed E-state index contributed by atoms with van der Waals surface area (Å²) in [6.07, 6.45) is 1.69. The third-order valence-corrected chi connectivity index (χ3v) is 6.04. The van der Waals surface area contributed by atoms with Crippen molar-refractivity contribution in [3.8, 4) is 40.2 Å². The van der Waals surface area contributed by atoms with Crippen LogP contribution in [0.25, 0.3) is 32.4 Å². The Morgan fingerprint density at radius 2 is 1.05 bits per heavy atom. The SMILES string of the molecule is COc1cc2nccc(Oc3ccc4ccc(O)cc4c3)c2cc1OC.Oc1ccc2ccc(O)cc2c1. The molecule has 0 bridgehead atoms. The van der Waals surface area contributed by atoms with Gasteiger partial charge in [0.25, 0.3) is 0 Å². The first-order valence-corrected chi connectivity index (χ1v) is 11.8. The van der Waals surface area contributed by atoms with Crippen molar-refractivity contribution in [3.05, 3.63) is 97.2 Å². The maximum atomic E-state index is 9.68. The van der Waals surface area contributed by atoms with E-state index >= 15 is 0 Å². The van der Waals surface area contributed by atoms with Crippen LogP contribution in [-0.4, -0.2) is 34.5 Å². The fraction of sp³-hybridized carbons (Fsp3) is 0.0645. The number of nitrogens with zero attached hydrogens (tertiary/aromatic N) is 1. The van der Waals surface area contributed by atoms with Crippen molar-refractivity contribution in [2.24, 2.45) is 0 Å². The number of ether oxygens (including phenoxy) is 3. The molecule has 7 heteroatoms. The molecule has 0 saturated carbocycles. The van der Waals surface area contributed by atoms with E-state index in [4.69, 9.17) is 24.4 Å². The third kappa shape index (κ3) is 5.17. The van der Waals surface area contributed by atoms with Gasteiger partial charge in [0.2, 0.25) is 0 Å². The van der Waals surface area contributed by atoms with Crippen LogP contribution in [0, 0.1) is 0 Å². The highest BCUT2D eigenvalue weighted by Gasteiger charge is 2.11. The van der Waals surface area contributed by atoms with Crippen molar-refractivity contribution >= 4 is 32.4 Å². The first-order chi connectivity index (χ1) is 18.4. The van der Waals surface area contributed by atoms with Crippen molar-refractivity contribution in [2.75, 3.05) is 14.2 Å². The zero-order valence-electron chi connectivity index (χ0n) is 20.8. The van der Waals surface area contributed by atoms with Crippen molar-refractivity contribution in [2.45, 2.75) is 0 Å². The standard InChI is InChI=1S/C21H17NO4.C10H8O2/c1-24-20-11-17-18(12-21(20)25-2)22-8-7-19(17)26-16-6-4-13-3-5-15(23)9-14(13)10-16;11-9-3-1-7-2-4-10(12)6-8(7)5-9/h3-12,23H,1-2H3;1-6,11-12H.